The minimum absolute atomic E-state index is 0.0124. The number of benzene rings is 1. The van der Waals surface area contributed by atoms with E-state index in [1.165, 1.54) is 12.1 Å². The van der Waals surface area contributed by atoms with E-state index in [1.807, 2.05) is 0 Å². The van der Waals surface area contributed by atoms with E-state index in [0.29, 0.717) is 23.7 Å². The van der Waals surface area contributed by atoms with Crippen LogP contribution < -0.4 is 0 Å². The second-order valence-electron chi connectivity index (χ2n) is 5.03. The van der Waals surface area contributed by atoms with Crippen LogP contribution in [0, 0.1) is 26.9 Å². The monoisotopic (exact) mass is 336 g/mol. The van der Waals surface area contributed by atoms with Crippen LogP contribution >= 0.6 is 15.9 Å². The fourth-order valence-electron chi connectivity index (χ4n) is 2.55. The molecule has 0 N–H and O–H groups in total. The van der Waals surface area contributed by atoms with Gasteiger partial charge in [-0.05, 0) is 24.8 Å². The average Bonchev–Trinajstić information content (AvgIpc) is 2.43. The lowest BCUT2D eigenvalue weighted by Crippen LogP contribution is -2.35. The highest BCUT2D eigenvalue weighted by Gasteiger charge is 2.40. The van der Waals surface area contributed by atoms with E-state index < -0.39 is 10.3 Å². The van der Waals surface area contributed by atoms with Gasteiger partial charge < -0.3 is 0 Å². The fraction of sp³-hybridized carbons (Fsp3) is 0.429. The number of carbonyl (C=O) groups is 1. The Labute approximate surface area is 124 Å². The van der Waals surface area contributed by atoms with E-state index in [1.54, 1.807) is 6.07 Å². The first-order valence-electron chi connectivity index (χ1n) is 6.36. The lowest BCUT2D eigenvalue weighted by Gasteiger charge is -2.29. The molecule has 0 radical (unpaired) electrons. The van der Waals surface area contributed by atoms with Crippen molar-refractivity contribution in [1.82, 2.24) is 0 Å². The van der Waals surface area contributed by atoms with Gasteiger partial charge in [-0.1, -0.05) is 28.4 Å². The number of nitriles is 1. The van der Waals surface area contributed by atoms with E-state index in [2.05, 4.69) is 22.0 Å². The predicted octanol–water partition coefficient (Wildman–Crippen LogP) is 3.55. The first-order valence-corrected chi connectivity index (χ1v) is 7.15. The van der Waals surface area contributed by atoms with Gasteiger partial charge in [0, 0.05) is 23.0 Å². The molecular weight excluding hydrogens is 324 g/mol. The lowest BCUT2D eigenvalue weighted by atomic mass is 9.70. The molecule has 1 atom stereocenters. The number of non-ortho nitro benzene ring substituents is 1. The fourth-order valence-corrected chi connectivity index (χ4v) is 3.06. The molecule has 1 unspecified atom stereocenters. The van der Waals surface area contributed by atoms with Crippen LogP contribution in [0.25, 0.3) is 0 Å². The number of nitrogens with zero attached hydrogens (tertiary/aromatic N) is 2. The maximum Gasteiger partial charge on any atom is 0.270 e. The Bertz CT molecular complexity index is 609. The Morgan fingerprint density at radius 2 is 2.20 bits per heavy atom. The van der Waals surface area contributed by atoms with Crippen molar-refractivity contribution in [2.45, 2.75) is 32.1 Å². The van der Waals surface area contributed by atoms with Crippen molar-refractivity contribution in [3.8, 4) is 6.07 Å². The van der Waals surface area contributed by atoms with Crippen molar-refractivity contribution in [3.05, 3.63) is 38.3 Å². The van der Waals surface area contributed by atoms with Crippen LogP contribution in [0.15, 0.2) is 22.7 Å². The normalized spacial score (nSPS) is 22.3. The van der Waals surface area contributed by atoms with Gasteiger partial charge >= 0.3 is 0 Å². The number of Topliss-reactive ketones (excluding diaryl/α,β-unsaturated/α-hetero) is 1. The summed E-state index contributed by atoms with van der Waals surface area (Å²) in [5.74, 6) is -0.0171. The zero-order valence-corrected chi connectivity index (χ0v) is 12.4. The molecule has 1 aromatic carbocycles. The van der Waals surface area contributed by atoms with Crippen LogP contribution in [0.1, 0.15) is 31.2 Å². The molecule has 1 aromatic rings. The number of nitro groups is 1. The maximum absolute atomic E-state index is 12.1. The van der Waals surface area contributed by atoms with E-state index >= 15 is 0 Å². The smallest absolute Gasteiger partial charge is 0.270 e. The standard InChI is InChI=1S/C14H13BrN2O3/c15-12-7-11(17(19)20)5-4-10(12)8-14(9-16)6-2-1-3-13(14)18/h4-5,7H,1-3,6,8H2. The summed E-state index contributed by atoms with van der Waals surface area (Å²) in [6, 6.07) is 6.60. The summed E-state index contributed by atoms with van der Waals surface area (Å²) in [6.07, 6.45) is 3.01. The first kappa shape index (κ1) is 14.7. The number of ketones is 1. The number of nitro benzene ring substituents is 1. The molecule has 1 saturated carbocycles. The number of carbonyl (C=O) groups excluding carboxylic acids is 1. The first-order chi connectivity index (χ1) is 9.48. The quantitative estimate of drug-likeness (QED) is 0.624. The molecule has 0 heterocycles. The van der Waals surface area contributed by atoms with Crippen molar-refractivity contribution in [2.24, 2.45) is 5.41 Å². The molecule has 20 heavy (non-hydrogen) atoms. The van der Waals surface area contributed by atoms with Gasteiger partial charge in [0.25, 0.3) is 5.69 Å². The van der Waals surface area contributed by atoms with Gasteiger partial charge in [0.05, 0.1) is 11.0 Å². The van der Waals surface area contributed by atoms with Gasteiger partial charge in [-0.15, -0.1) is 0 Å². The van der Waals surface area contributed by atoms with E-state index in [-0.39, 0.29) is 11.5 Å². The van der Waals surface area contributed by atoms with Crippen molar-refractivity contribution in [2.75, 3.05) is 0 Å². The molecule has 1 fully saturated rings. The highest BCUT2D eigenvalue weighted by Crippen LogP contribution is 2.38. The molecule has 5 nitrogen and oxygen atoms in total. The Kier molecular flexibility index (Phi) is 4.19. The number of hydrogen-bond donors (Lipinski definition) is 0. The number of hydrogen-bond acceptors (Lipinski definition) is 4. The Hall–Kier alpha value is -1.74. The van der Waals surface area contributed by atoms with Crippen LogP contribution in [0.3, 0.4) is 0 Å². The number of halogens is 1. The van der Waals surface area contributed by atoms with Crippen LogP contribution in [-0.2, 0) is 11.2 Å². The van der Waals surface area contributed by atoms with Crippen molar-refractivity contribution in [3.63, 3.8) is 0 Å². The zero-order valence-electron chi connectivity index (χ0n) is 10.8. The van der Waals surface area contributed by atoms with Crippen molar-refractivity contribution >= 4 is 27.4 Å². The minimum Gasteiger partial charge on any atom is -0.298 e. The molecule has 6 heteroatoms. The summed E-state index contributed by atoms with van der Waals surface area (Å²) in [7, 11) is 0. The summed E-state index contributed by atoms with van der Waals surface area (Å²) >= 11 is 3.29. The SMILES string of the molecule is N#CC1(Cc2ccc([N+](=O)[O-])cc2Br)CCCCC1=O. The molecule has 0 bridgehead atoms. The van der Waals surface area contributed by atoms with Crippen LogP contribution in [0.4, 0.5) is 5.69 Å². The lowest BCUT2D eigenvalue weighted by molar-refractivity contribution is -0.384. The molecule has 2 rings (SSSR count). The summed E-state index contributed by atoms with van der Waals surface area (Å²) in [5, 5.41) is 20.1. The van der Waals surface area contributed by atoms with Gasteiger partial charge in [0.15, 0.2) is 5.78 Å². The molecule has 0 aromatic heterocycles. The highest BCUT2D eigenvalue weighted by molar-refractivity contribution is 9.10. The van der Waals surface area contributed by atoms with Crippen molar-refractivity contribution in [1.29, 1.82) is 5.26 Å². The number of rotatable bonds is 3. The molecule has 1 aliphatic carbocycles. The second-order valence-corrected chi connectivity index (χ2v) is 5.89. The molecule has 0 saturated heterocycles. The summed E-state index contributed by atoms with van der Waals surface area (Å²) in [6.45, 7) is 0. The topological polar surface area (TPSA) is 84.0 Å². The van der Waals surface area contributed by atoms with Crippen LogP contribution in [-0.4, -0.2) is 10.7 Å². The zero-order chi connectivity index (χ0) is 14.8. The Balaban J connectivity index is 2.31. The largest absolute Gasteiger partial charge is 0.298 e. The Morgan fingerprint density at radius 1 is 1.45 bits per heavy atom. The highest BCUT2D eigenvalue weighted by atomic mass is 79.9. The van der Waals surface area contributed by atoms with Crippen LogP contribution in [0.2, 0.25) is 0 Å². The van der Waals surface area contributed by atoms with Gasteiger partial charge in [-0.2, -0.15) is 5.26 Å². The van der Waals surface area contributed by atoms with Crippen LogP contribution in [0.5, 0.6) is 0 Å². The second kappa shape index (κ2) is 5.71. The van der Waals surface area contributed by atoms with E-state index in [9.17, 15) is 20.2 Å². The van der Waals surface area contributed by atoms with Crippen molar-refractivity contribution < 1.29 is 9.72 Å². The summed E-state index contributed by atoms with van der Waals surface area (Å²) < 4.78 is 0.569. The Morgan fingerprint density at radius 3 is 2.75 bits per heavy atom. The summed E-state index contributed by atoms with van der Waals surface area (Å²) in [5.41, 5.74) is -0.231. The average molecular weight is 337 g/mol. The molecule has 1 aliphatic rings. The van der Waals surface area contributed by atoms with Gasteiger partial charge in [-0.25, -0.2) is 0 Å². The van der Waals surface area contributed by atoms with Gasteiger partial charge in [0.2, 0.25) is 0 Å². The van der Waals surface area contributed by atoms with Gasteiger partial charge in [0.1, 0.15) is 5.41 Å². The predicted molar refractivity (Wildman–Crippen MR) is 76.0 cm³/mol. The molecule has 0 amide bonds. The third-order valence-electron chi connectivity index (χ3n) is 3.74. The maximum atomic E-state index is 12.1. The molecular formula is C14H13BrN2O3. The summed E-state index contributed by atoms with van der Waals surface area (Å²) in [4.78, 5) is 22.3. The molecule has 0 aliphatic heterocycles. The minimum atomic E-state index is -0.975. The van der Waals surface area contributed by atoms with Gasteiger partial charge in [-0.3, -0.25) is 14.9 Å². The third-order valence-corrected chi connectivity index (χ3v) is 4.48. The molecule has 104 valence electrons. The van der Waals surface area contributed by atoms with E-state index in [0.717, 1.165) is 18.4 Å². The van der Waals surface area contributed by atoms with E-state index in [4.69, 9.17) is 0 Å². The molecule has 0 spiro atoms. The third kappa shape index (κ3) is 2.73.